The predicted molar refractivity (Wildman–Crippen MR) is 42.4 cm³/mol. The number of aromatic nitrogens is 2. The molecular formula is C4H7CaN2O3P. The van der Waals surface area contributed by atoms with Gasteiger partial charge in [-0.25, -0.2) is 9.55 Å². The fourth-order valence-electron chi connectivity index (χ4n) is 0.428. The van der Waals surface area contributed by atoms with Crippen LogP contribution in [0.4, 0.5) is 0 Å². The monoisotopic (exact) mass is 202 g/mol. The topological polar surface area (TPSA) is 72.3 Å². The van der Waals surface area contributed by atoms with Crippen LogP contribution in [0.1, 0.15) is 0 Å². The van der Waals surface area contributed by atoms with Crippen molar-refractivity contribution in [2.75, 3.05) is 0 Å². The first kappa shape index (κ1) is 11.3. The van der Waals surface area contributed by atoms with Crippen molar-refractivity contribution in [3.05, 3.63) is 18.6 Å². The van der Waals surface area contributed by atoms with E-state index < -0.39 is 8.25 Å². The van der Waals surface area contributed by atoms with E-state index in [1.165, 1.54) is 18.6 Å². The summed E-state index contributed by atoms with van der Waals surface area (Å²) in [6.45, 7) is 0. The van der Waals surface area contributed by atoms with E-state index in [0.29, 0.717) is 0 Å². The number of hydrogen-bond donors (Lipinski definition) is 1. The first-order chi connectivity index (χ1) is 4.79. The molecule has 1 aromatic heterocycles. The van der Waals surface area contributed by atoms with Crippen molar-refractivity contribution in [3.63, 3.8) is 0 Å². The molecule has 0 fully saturated rings. The molecule has 1 unspecified atom stereocenters. The zero-order chi connectivity index (χ0) is 7.40. The van der Waals surface area contributed by atoms with Crippen molar-refractivity contribution in [1.29, 1.82) is 0 Å². The van der Waals surface area contributed by atoms with Crippen molar-refractivity contribution in [2.24, 2.45) is 0 Å². The maximum atomic E-state index is 10.1. The van der Waals surface area contributed by atoms with E-state index in [-0.39, 0.29) is 43.6 Å². The minimum absolute atomic E-state index is 0. The predicted octanol–water partition coefficient (Wildman–Crippen LogP) is -0.679. The van der Waals surface area contributed by atoms with Gasteiger partial charge in [0.1, 0.15) is 0 Å². The second-order valence-electron chi connectivity index (χ2n) is 1.41. The van der Waals surface area contributed by atoms with E-state index in [0.717, 1.165) is 0 Å². The second kappa shape index (κ2) is 5.91. The molecule has 11 heavy (non-hydrogen) atoms. The van der Waals surface area contributed by atoms with Gasteiger partial charge >= 0.3 is 46.0 Å². The van der Waals surface area contributed by atoms with Crippen LogP contribution in [0, 0.1) is 0 Å². The van der Waals surface area contributed by atoms with Gasteiger partial charge in [-0.3, -0.25) is 4.98 Å². The Kier molecular flexibility index (Phi) is 6.09. The van der Waals surface area contributed by atoms with Crippen LogP contribution in [-0.2, 0) is 4.57 Å². The van der Waals surface area contributed by atoms with Crippen LogP contribution in [0.2, 0.25) is 0 Å². The van der Waals surface area contributed by atoms with Gasteiger partial charge in [0.15, 0.2) is 0 Å². The Labute approximate surface area is 93.8 Å². The molecule has 1 atom stereocenters. The van der Waals surface area contributed by atoms with Crippen molar-refractivity contribution in [2.45, 2.75) is 0 Å². The molecule has 0 aliphatic carbocycles. The zero-order valence-electron chi connectivity index (χ0n) is 4.89. The zero-order valence-corrected chi connectivity index (χ0v) is 5.89. The maximum absolute atomic E-state index is 10.1. The van der Waals surface area contributed by atoms with Gasteiger partial charge in [0.2, 0.25) is 5.88 Å². The molecule has 1 N–H and O–H groups in total. The summed E-state index contributed by atoms with van der Waals surface area (Å²) in [5.41, 5.74) is 0. The van der Waals surface area contributed by atoms with Crippen LogP contribution >= 0.6 is 8.25 Å². The van der Waals surface area contributed by atoms with E-state index >= 15 is 0 Å². The van der Waals surface area contributed by atoms with Gasteiger partial charge in [-0.15, -0.1) is 0 Å². The van der Waals surface area contributed by atoms with Gasteiger partial charge in [-0.2, -0.15) is 0 Å². The average Bonchev–Trinajstić information content (AvgIpc) is 1.88. The van der Waals surface area contributed by atoms with Crippen LogP contribution in [-0.4, -0.2) is 52.6 Å². The van der Waals surface area contributed by atoms with E-state index in [9.17, 15) is 4.57 Å². The Morgan fingerprint density at radius 3 is 2.73 bits per heavy atom. The summed E-state index contributed by atoms with van der Waals surface area (Å²) in [6, 6.07) is 0. The molecule has 0 aliphatic heterocycles. The summed E-state index contributed by atoms with van der Waals surface area (Å²) in [7, 11) is -2.94. The van der Waals surface area contributed by atoms with Crippen molar-refractivity contribution in [1.82, 2.24) is 9.97 Å². The van der Waals surface area contributed by atoms with Gasteiger partial charge < -0.3 is 9.42 Å². The minimum atomic E-state index is -2.94. The average molecular weight is 202 g/mol. The van der Waals surface area contributed by atoms with Crippen LogP contribution in [0.3, 0.4) is 0 Å². The number of nitrogens with zero attached hydrogens (tertiary/aromatic N) is 2. The van der Waals surface area contributed by atoms with E-state index in [1.54, 1.807) is 0 Å². The molecule has 5 nitrogen and oxygen atoms in total. The van der Waals surface area contributed by atoms with Crippen molar-refractivity contribution >= 4 is 46.0 Å². The molecule has 0 saturated carbocycles. The number of hydrogen-bond acceptors (Lipinski definition) is 4. The van der Waals surface area contributed by atoms with E-state index in [2.05, 4.69) is 14.5 Å². The van der Waals surface area contributed by atoms with Crippen LogP contribution in [0.15, 0.2) is 18.6 Å². The molecule has 0 bridgehead atoms. The van der Waals surface area contributed by atoms with Gasteiger partial charge in [0.25, 0.3) is 0 Å². The Bertz CT molecular complexity index is 232. The van der Waals surface area contributed by atoms with Crippen molar-refractivity contribution < 1.29 is 14.0 Å². The fraction of sp³-hybridized carbons (Fsp3) is 0. The Morgan fingerprint density at radius 1 is 1.55 bits per heavy atom. The standard InChI is InChI=1S/C4H5N2O3P.Ca.2H/c7-10(8)9-4-3-5-1-2-6-4;;;/h1-3,10H,(H,7,8);;;. The van der Waals surface area contributed by atoms with Gasteiger partial charge in [-0.05, 0) is 0 Å². The molecule has 0 aliphatic rings. The van der Waals surface area contributed by atoms with Gasteiger partial charge in [-0.1, -0.05) is 0 Å². The molecule has 0 spiro atoms. The van der Waals surface area contributed by atoms with Crippen LogP contribution < -0.4 is 4.52 Å². The third kappa shape index (κ3) is 4.71. The van der Waals surface area contributed by atoms with E-state index in [1.807, 2.05) is 0 Å². The normalized spacial score (nSPS) is 11.4. The SMILES string of the molecule is O=[PH](O)Oc1cnccn1.[CaH2]. The molecule has 1 aromatic rings. The molecule has 0 amide bonds. The Balaban J connectivity index is 0.000001000. The molecule has 7 heteroatoms. The number of rotatable bonds is 2. The van der Waals surface area contributed by atoms with E-state index in [4.69, 9.17) is 4.89 Å². The summed E-state index contributed by atoms with van der Waals surface area (Å²) in [5, 5.41) is 0. The summed E-state index contributed by atoms with van der Waals surface area (Å²) in [4.78, 5) is 15.5. The van der Waals surface area contributed by atoms with Crippen LogP contribution in [0.5, 0.6) is 5.88 Å². The third-order valence-corrected chi connectivity index (χ3v) is 1.12. The first-order valence-electron chi connectivity index (χ1n) is 2.46. The molecule has 1 heterocycles. The summed E-state index contributed by atoms with van der Waals surface area (Å²) < 4.78 is 14.4. The molecular weight excluding hydrogens is 195 g/mol. The quantitative estimate of drug-likeness (QED) is 0.508. The summed E-state index contributed by atoms with van der Waals surface area (Å²) in [6.07, 6.45) is 4.08. The molecule has 0 aromatic carbocycles. The summed E-state index contributed by atoms with van der Waals surface area (Å²) >= 11 is 0. The second-order valence-corrected chi connectivity index (χ2v) is 2.15. The van der Waals surface area contributed by atoms with Crippen molar-refractivity contribution in [3.8, 4) is 5.88 Å². The first-order valence-corrected chi connectivity index (χ1v) is 3.72. The fourth-order valence-corrected chi connectivity index (χ4v) is 0.712. The molecule has 0 saturated heterocycles. The van der Waals surface area contributed by atoms with Gasteiger partial charge in [0, 0.05) is 12.4 Å². The Morgan fingerprint density at radius 2 is 2.27 bits per heavy atom. The molecule has 0 radical (unpaired) electrons. The van der Waals surface area contributed by atoms with Crippen LogP contribution in [0.25, 0.3) is 0 Å². The molecule has 1 rings (SSSR count). The van der Waals surface area contributed by atoms with Gasteiger partial charge in [0.05, 0.1) is 6.20 Å². The Hall–Kier alpha value is 0.330. The summed E-state index contributed by atoms with van der Waals surface area (Å²) in [5.74, 6) is 0.0638. The molecule has 58 valence electrons. The third-order valence-electron chi connectivity index (χ3n) is 0.731.